The number of nitrogens with zero attached hydrogens (tertiary/aromatic N) is 1. The van der Waals surface area contributed by atoms with E-state index < -0.39 is 0 Å². The summed E-state index contributed by atoms with van der Waals surface area (Å²) in [4.78, 5) is 16.1. The highest BCUT2D eigenvalue weighted by atomic mass is 35.5. The van der Waals surface area contributed by atoms with Crippen molar-refractivity contribution in [1.29, 1.82) is 0 Å². The predicted octanol–water partition coefficient (Wildman–Crippen LogP) is 3.80. The monoisotopic (exact) mass is 278 g/mol. The van der Waals surface area contributed by atoms with Gasteiger partial charge in [-0.1, -0.05) is 0 Å². The first-order valence-electron chi connectivity index (χ1n) is 5.11. The van der Waals surface area contributed by atoms with Crippen molar-refractivity contribution in [3.63, 3.8) is 0 Å². The molecule has 0 spiro atoms. The summed E-state index contributed by atoms with van der Waals surface area (Å²) in [7, 11) is 0. The van der Waals surface area contributed by atoms with Crippen molar-refractivity contribution in [3.8, 4) is 0 Å². The maximum atomic E-state index is 11.9. The van der Waals surface area contributed by atoms with Gasteiger partial charge in [-0.05, 0) is 35.9 Å². The maximum Gasteiger partial charge on any atom is 0.260 e. The van der Waals surface area contributed by atoms with E-state index in [2.05, 4.69) is 10.3 Å². The minimum Gasteiger partial charge on any atom is -0.452 e. The molecular weight excluding hydrogens is 272 g/mol. The minimum atomic E-state index is -0.294. The molecule has 0 aliphatic carbocycles. The van der Waals surface area contributed by atoms with Gasteiger partial charge in [-0.3, -0.25) is 4.79 Å². The standard InChI is InChI=1S/C12H7ClN2O2S/c13-11-8(3-4-17-11)12(16)15-7-1-2-9-10(5-7)18-6-14-9/h1-6H,(H,15,16). The molecule has 0 fully saturated rings. The van der Waals surface area contributed by atoms with Crippen LogP contribution in [-0.4, -0.2) is 10.9 Å². The van der Waals surface area contributed by atoms with Crippen molar-refractivity contribution >= 4 is 44.7 Å². The van der Waals surface area contributed by atoms with Gasteiger partial charge >= 0.3 is 0 Å². The molecule has 1 aromatic carbocycles. The van der Waals surface area contributed by atoms with Gasteiger partial charge in [0.2, 0.25) is 5.22 Å². The zero-order valence-electron chi connectivity index (χ0n) is 9.01. The molecule has 0 saturated heterocycles. The molecule has 1 amide bonds. The second kappa shape index (κ2) is 4.44. The molecular formula is C12H7ClN2O2S. The predicted molar refractivity (Wildman–Crippen MR) is 71.3 cm³/mol. The number of carbonyl (C=O) groups is 1. The first-order valence-corrected chi connectivity index (χ1v) is 6.37. The summed E-state index contributed by atoms with van der Waals surface area (Å²) in [6.07, 6.45) is 1.38. The summed E-state index contributed by atoms with van der Waals surface area (Å²) in [6.45, 7) is 0. The Hall–Kier alpha value is -1.85. The van der Waals surface area contributed by atoms with Gasteiger partial charge < -0.3 is 9.73 Å². The summed E-state index contributed by atoms with van der Waals surface area (Å²) >= 11 is 7.27. The molecule has 2 aromatic heterocycles. The SMILES string of the molecule is O=C(Nc1ccc2ncsc2c1)c1ccoc1Cl. The molecule has 0 bridgehead atoms. The first kappa shape index (κ1) is 11.3. The van der Waals surface area contributed by atoms with E-state index in [1.165, 1.54) is 23.7 Å². The highest BCUT2D eigenvalue weighted by Crippen LogP contribution is 2.23. The van der Waals surface area contributed by atoms with Crippen LogP contribution in [0.15, 0.2) is 40.5 Å². The van der Waals surface area contributed by atoms with Crippen LogP contribution in [0.5, 0.6) is 0 Å². The molecule has 90 valence electrons. The number of thiazole rings is 1. The van der Waals surface area contributed by atoms with Crippen molar-refractivity contribution in [2.24, 2.45) is 0 Å². The van der Waals surface area contributed by atoms with Crippen molar-refractivity contribution in [1.82, 2.24) is 4.98 Å². The van der Waals surface area contributed by atoms with Gasteiger partial charge in [0.25, 0.3) is 5.91 Å². The number of anilines is 1. The average Bonchev–Trinajstić information content (AvgIpc) is 2.96. The van der Waals surface area contributed by atoms with Gasteiger partial charge in [-0.2, -0.15) is 0 Å². The van der Waals surface area contributed by atoms with Gasteiger partial charge in [0.1, 0.15) is 0 Å². The number of amides is 1. The Kier molecular flexibility index (Phi) is 2.77. The lowest BCUT2D eigenvalue weighted by Crippen LogP contribution is -2.11. The highest BCUT2D eigenvalue weighted by molar-refractivity contribution is 7.16. The number of furan rings is 1. The topological polar surface area (TPSA) is 55.1 Å². The Balaban J connectivity index is 1.88. The second-order valence-electron chi connectivity index (χ2n) is 3.60. The number of fused-ring (bicyclic) bond motifs is 1. The Morgan fingerprint density at radius 1 is 1.39 bits per heavy atom. The van der Waals surface area contributed by atoms with Crippen LogP contribution in [0, 0.1) is 0 Å². The number of hydrogen-bond acceptors (Lipinski definition) is 4. The van der Waals surface area contributed by atoms with Crippen molar-refractivity contribution in [2.75, 3.05) is 5.32 Å². The number of hydrogen-bond donors (Lipinski definition) is 1. The van der Waals surface area contributed by atoms with Gasteiger partial charge in [-0.15, -0.1) is 11.3 Å². The summed E-state index contributed by atoms with van der Waals surface area (Å²) in [5.74, 6) is -0.294. The molecule has 0 atom stereocenters. The van der Waals surface area contributed by atoms with Crippen LogP contribution in [0.3, 0.4) is 0 Å². The van der Waals surface area contributed by atoms with Crippen LogP contribution in [0.25, 0.3) is 10.2 Å². The Morgan fingerprint density at radius 2 is 2.28 bits per heavy atom. The fraction of sp³-hybridized carbons (Fsp3) is 0. The van der Waals surface area contributed by atoms with E-state index in [1.54, 1.807) is 11.6 Å². The molecule has 1 N–H and O–H groups in total. The second-order valence-corrected chi connectivity index (χ2v) is 4.83. The van der Waals surface area contributed by atoms with E-state index in [9.17, 15) is 4.79 Å². The fourth-order valence-corrected chi connectivity index (χ4v) is 2.50. The van der Waals surface area contributed by atoms with E-state index in [0.29, 0.717) is 11.3 Å². The van der Waals surface area contributed by atoms with Gasteiger partial charge in [-0.25, -0.2) is 4.98 Å². The summed E-state index contributed by atoms with van der Waals surface area (Å²) in [5, 5.41) is 2.85. The zero-order chi connectivity index (χ0) is 12.5. The summed E-state index contributed by atoms with van der Waals surface area (Å²) in [5.41, 5.74) is 3.71. The molecule has 3 aromatic rings. The number of carbonyl (C=O) groups excluding carboxylic acids is 1. The number of aromatic nitrogens is 1. The molecule has 4 nitrogen and oxygen atoms in total. The van der Waals surface area contributed by atoms with Crippen molar-refractivity contribution in [2.45, 2.75) is 0 Å². The fourth-order valence-electron chi connectivity index (χ4n) is 1.59. The minimum absolute atomic E-state index is 0.0892. The Labute approximate surface area is 111 Å². The van der Waals surface area contributed by atoms with Gasteiger partial charge in [0, 0.05) is 5.69 Å². The lowest BCUT2D eigenvalue weighted by atomic mass is 10.2. The van der Waals surface area contributed by atoms with Crippen LogP contribution in [0.4, 0.5) is 5.69 Å². The van der Waals surface area contributed by atoms with Crippen LogP contribution >= 0.6 is 22.9 Å². The van der Waals surface area contributed by atoms with Crippen LogP contribution in [-0.2, 0) is 0 Å². The van der Waals surface area contributed by atoms with Gasteiger partial charge in [0.05, 0.1) is 27.6 Å². The Morgan fingerprint density at radius 3 is 3.06 bits per heavy atom. The zero-order valence-corrected chi connectivity index (χ0v) is 10.6. The Bertz CT molecular complexity index is 720. The molecule has 2 heterocycles. The molecule has 18 heavy (non-hydrogen) atoms. The molecule has 0 aliphatic rings. The molecule has 0 radical (unpaired) electrons. The van der Waals surface area contributed by atoms with Crippen molar-refractivity contribution in [3.05, 3.63) is 46.8 Å². The first-order chi connectivity index (χ1) is 8.74. The van der Waals surface area contributed by atoms with Crippen molar-refractivity contribution < 1.29 is 9.21 Å². The third-order valence-corrected chi connectivity index (χ3v) is 3.54. The van der Waals surface area contributed by atoms with E-state index in [1.807, 2.05) is 12.1 Å². The van der Waals surface area contributed by atoms with E-state index in [0.717, 1.165) is 10.2 Å². The normalized spacial score (nSPS) is 10.7. The average molecular weight is 279 g/mol. The quantitative estimate of drug-likeness (QED) is 0.776. The molecule has 0 unspecified atom stereocenters. The summed E-state index contributed by atoms with van der Waals surface area (Å²) in [6, 6.07) is 7.06. The highest BCUT2D eigenvalue weighted by Gasteiger charge is 2.13. The largest absolute Gasteiger partial charge is 0.452 e. The lowest BCUT2D eigenvalue weighted by Gasteiger charge is -2.03. The van der Waals surface area contributed by atoms with Crippen LogP contribution in [0.1, 0.15) is 10.4 Å². The molecule has 0 saturated carbocycles. The maximum absolute atomic E-state index is 11.9. The molecule has 6 heteroatoms. The van der Waals surface area contributed by atoms with E-state index in [-0.39, 0.29) is 11.1 Å². The van der Waals surface area contributed by atoms with Crippen LogP contribution < -0.4 is 5.32 Å². The van der Waals surface area contributed by atoms with Crippen LogP contribution in [0.2, 0.25) is 5.22 Å². The third kappa shape index (κ3) is 1.98. The number of halogens is 1. The number of nitrogens with one attached hydrogen (secondary N) is 1. The van der Waals surface area contributed by atoms with Gasteiger partial charge in [0.15, 0.2) is 0 Å². The van der Waals surface area contributed by atoms with E-state index >= 15 is 0 Å². The molecule has 0 aliphatic heterocycles. The molecule has 3 rings (SSSR count). The third-order valence-electron chi connectivity index (χ3n) is 2.45. The lowest BCUT2D eigenvalue weighted by molar-refractivity contribution is 0.102. The number of benzene rings is 1. The smallest absolute Gasteiger partial charge is 0.260 e. The van der Waals surface area contributed by atoms with E-state index in [4.69, 9.17) is 16.0 Å². The summed E-state index contributed by atoms with van der Waals surface area (Å²) < 4.78 is 5.90. The number of rotatable bonds is 2.